The third kappa shape index (κ3) is 3.54. The monoisotopic (exact) mass is 419 g/mol. The van der Waals surface area contributed by atoms with Gasteiger partial charge >= 0.3 is 5.69 Å². The van der Waals surface area contributed by atoms with Crippen LogP contribution in [0.5, 0.6) is 0 Å². The van der Waals surface area contributed by atoms with Crippen molar-refractivity contribution in [3.8, 4) is 0 Å². The van der Waals surface area contributed by atoms with Gasteiger partial charge in [0.15, 0.2) is 5.72 Å². The number of hydrogen-bond donors (Lipinski definition) is 8. The summed E-state index contributed by atoms with van der Waals surface area (Å²) in [6.45, 7) is -1.94. The van der Waals surface area contributed by atoms with Crippen molar-refractivity contribution in [3.05, 3.63) is 22.2 Å². The van der Waals surface area contributed by atoms with Crippen LogP contribution in [0.25, 0.3) is 0 Å². The molecule has 0 spiro atoms. The highest BCUT2D eigenvalue weighted by Gasteiger charge is 2.60. The largest absolute Gasteiger partial charge is 0.394 e. The van der Waals surface area contributed by atoms with Gasteiger partial charge in [0.05, 0.1) is 25.9 Å². The highest BCUT2D eigenvalue weighted by atomic mass is 16.6. The lowest BCUT2D eigenvalue weighted by Gasteiger charge is -2.47. The van der Waals surface area contributed by atoms with Crippen LogP contribution < -0.4 is 11.4 Å². The molecule has 1 aromatic rings. The smallest absolute Gasteiger partial charge is 0.351 e. The SMILES string of the molecule is Nc1nc(=O)n([C@@]2(C3O[C@H](CO)[C@@H](O)[C@H](O)[C@H]3O)C[C@H](O)[C@@H](CO)O2)cc1CO. The highest BCUT2D eigenvalue weighted by Crippen LogP contribution is 2.43. The third-order valence-corrected chi connectivity index (χ3v) is 5.42. The minimum absolute atomic E-state index is 0.0408. The Kier molecular flexibility index (Phi) is 6.24. The maximum Gasteiger partial charge on any atom is 0.351 e. The summed E-state index contributed by atoms with van der Waals surface area (Å²) in [5, 5.41) is 69.6. The van der Waals surface area contributed by atoms with E-state index in [1.807, 2.05) is 0 Å². The van der Waals surface area contributed by atoms with Crippen LogP contribution in [-0.4, -0.2) is 101 Å². The molecule has 1 aromatic heterocycles. The second-order valence-corrected chi connectivity index (χ2v) is 7.17. The summed E-state index contributed by atoms with van der Waals surface area (Å²) in [4.78, 5) is 16.2. The summed E-state index contributed by atoms with van der Waals surface area (Å²) in [5.74, 6) is -0.241. The average Bonchev–Trinajstić information content (AvgIpc) is 3.03. The van der Waals surface area contributed by atoms with Crippen LogP contribution in [0.3, 0.4) is 0 Å². The lowest BCUT2D eigenvalue weighted by Crippen LogP contribution is -2.66. The number of nitrogens with zero attached hydrogens (tertiary/aromatic N) is 2. The second-order valence-electron chi connectivity index (χ2n) is 7.17. The molecule has 13 heteroatoms. The highest BCUT2D eigenvalue weighted by molar-refractivity contribution is 5.36. The van der Waals surface area contributed by atoms with E-state index >= 15 is 0 Å². The van der Waals surface area contributed by atoms with Gasteiger partial charge in [-0.2, -0.15) is 4.98 Å². The van der Waals surface area contributed by atoms with Crippen LogP contribution in [-0.2, 0) is 21.8 Å². The summed E-state index contributed by atoms with van der Waals surface area (Å²) in [6.07, 6.45) is -9.85. The van der Waals surface area contributed by atoms with Gasteiger partial charge in [-0.05, 0) is 0 Å². The quantitative estimate of drug-likeness (QED) is 0.225. The fraction of sp³-hybridized carbons (Fsp3) is 0.750. The first-order chi connectivity index (χ1) is 13.7. The van der Waals surface area contributed by atoms with Crippen molar-refractivity contribution in [2.75, 3.05) is 18.9 Å². The third-order valence-electron chi connectivity index (χ3n) is 5.42. The van der Waals surface area contributed by atoms with Gasteiger partial charge in [-0.1, -0.05) is 0 Å². The van der Waals surface area contributed by atoms with Gasteiger partial charge in [0, 0.05) is 18.2 Å². The first-order valence-corrected chi connectivity index (χ1v) is 8.96. The Labute approximate surface area is 164 Å². The first-order valence-electron chi connectivity index (χ1n) is 8.96. The van der Waals surface area contributed by atoms with Crippen LogP contribution in [0.2, 0.25) is 0 Å². The number of nitrogen functional groups attached to an aromatic ring is 1. The van der Waals surface area contributed by atoms with Crippen molar-refractivity contribution in [3.63, 3.8) is 0 Å². The zero-order chi connectivity index (χ0) is 21.5. The molecule has 164 valence electrons. The minimum Gasteiger partial charge on any atom is -0.394 e. The molecule has 0 radical (unpaired) electrons. The van der Waals surface area contributed by atoms with Crippen LogP contribution in [0.4, 0.5) is 5.82 Å². The predicted octanol–water partition coefficient (Wildman–Crippen LogP) is -5.04. The van der Waals surface area contributed by atoms with E-state index in [1.165, 1.54) is 0 Å². The lowest BCUT2D eigenvalue weighted by molar-refractivity contribution is -0.297. The Morgan fingerprint density at radius 1 is 1.10 bits per heavy atom. The summed E-state index contributed by atoms with van der Waals surface area (Å²) >= 11 is 0. The maximum absolute atomic E-state index is 12.6. The van der Waals surface area contributed by atoms with Crippen molar-refractivity contribution < 1.29 is 45.2 Å². The Balaban J connectivity index is 2.17. The van der Waals surface area contributed by atoms with Crippen molar-refractivity contribution in [1.29, 1.82) is 0 Å². The second kappa shape index (κ2) is 8.22. The van der Waals surface area contributed by atoms with E-state index in [-0.39, 0.29) is 17.8 Å². The van der Waals surface area contributed by atoms with Crippen LogP contribution in [0.15, 0.2) is 11.0 Å². The summed E-state index contributed by atoms with van der Waals surface area (Å²) in [5.41, 5.74) is 2.68. The van der Waals surface area contributed by atoms with E-state index in [0.717, 1.165) is 10.8 Å². The minimum atomic E-state index is -2.00. The van der Waals surface area contributed by atoms with Gasteiger partial charge in [0.2, 0.25) is 0 Å². The van der Waals surface area contributed by atoms with Crippen LogP contribution >= 0.6 is 0 Å². The Morgan fingerprint density at radius 3 is 2.31 bits per heavy atom. The van der Waals surface area contributed by atoms with Crippen molar-refractivity contribution in [1.82, 2.24) is 9.55 Å². The first kappa shape index (κ1) is 22.0. The van der Waals surface area contributed by atoms with Crippen LogP contribution in [0.1, 0.15) is 12.0 Å². The molecule has 9 N–H and O–H groups in total. The zero-order valence-corrected chi connectivity index (χ0v) is 15.3. The van der Waals surface area contributed by atoms with Crippen molar-refractivity contribution in [2.45, 2.75) is 61.5 Å². The molecule has 0 aliphatic carbocycles. The van der Waals surface area contributed by atoms with E-state index in [2.05, 4.69) is 4.98 Å². The normalized spacial score (nSPS) is 40.3. The number of anilines is 1. The lowest BCUT2D eigenvalue weighted by atomic mass is 9.87. The van der Waals surface area contributed by atoms with Gasteiger partial charge in [0.25, 0.3) is 0 Å². The standard InChI is InChI=1S/C16H25N3O10/c17-14-6(3-20)2-19(15(27)18-14)16(1-7(23)8(4-21)29-16)13-12(26)11(25)10(24)9(5-22)28-13/h2,7-13,20-26H,1,3-5H2,(H2,17,18,27)/t7-,8+,9+,10+,11-,12+,13?,16-/m0/s1. The number of nitrogens with two attached hydrogens (primary N) is 1. The van der Waals surface area contributed by atoms with E-state index < -0.39 is 74.0 Å². The molecule has 3 rings (SSSR count). The fourth-order valence-electron chi connectivity index (χ4n) is 3.83. The number of hydrogen-bond acceptors (Lipinski definition) is 12. The van der Waals surface area contributed by atoms with Crippen molar-refractivity contribution in [2.24, 2.45) is 0 Å². The molecule has 13 nitrogen and oxygen atoms in total. The molecule has 29 heavy (non-hydrogen) atoms. The van der Waals surface area contributed by atoms with Gasteiger partial charge in [-0.25, -0.2) is 4.79 Å². The van der Waals surface area contributed by atoms with Gasteiger partial charge in [-0.3, -0.25) is 4.57 Å². The average molecular weight is 419 g/mol. The summed E-state index contributed by atoms with van der Waals surface area (Å²) in [7, 11) is 0. The molecular weight excluding hydrogens is 394 g/mol. The zero-order valence-electron chi connectivity index (χ0n) is 15.3. The summed E-state index contributed by atoms with van der Waals surface area (Å²) in [6, 6.07) is 0. The van der Waals surface area contributed by atoms with Crippen LogP contribution in [0, 0.1) is 0 Å². The molecule has 0 amide bonds. The van der Waals surface area contributed by atoms with E-state index in [4.69, 9.17) is 15.2 Å². The number of aromatic nitrogens is 2. The van der Waals surface area contributed by atoms with Gasteiger partial charge in [-0.15, -0.1) is 0 Å². The molecule has 2 fully saturated rings. The molecule has 3 heterocycles. The number of aliphatic hydroxyl groups is 7. The number of ether oxygens (including phenoxy) is 2. The molecule has 0 bridgehead atoms. The predicted molar refractivity (Wildman–Crippen MR) is 93.2 cm³/mol. The Bertz CT molecular complexity index is 789. The molecule has 8 atom stereocenters. The van der Waals surface area contributed by atoms with E-state index in [0.29, 0.717) is 0 Å². The molecule has 2 aliphatic heterocycles. The molecule has 0 saturated carbocycles. The van der Waals surface area contributed by atoms with Gasteiger partial charge < -0.3 is 51.0 Å². The Hall–Kier alpha value is -1.68. The van der Waals surface area contributed by atoms with Crippen molar-refractivity contribution >= 4 is 5.82 Å². The van der Waals surface area contributed by atoms with Gasteiger partial charge in [0.1, 0.15) is 42.4 Å². The van der Waals surface area contributed by atoms with E-state index in [9.17, 15) is 40.5 Å². The number of rotatable bonds is 5. The molecule has 1 unspecified atom stereocenters. The molecular formula is C16H25N3O10. The fourth-order valence-corrected chi connectivity index (χ4v) is 3.83. The Morgan fingerprint density at radius 2 is 1.76 bits per heavy atom. The van der Waals surface area contributed by atoms with E-state index in [1.54, 1.807) is 0 Å². The number of aliphatic hydroxyl groups excluding tert-OH is 7. The molecule has 2 aliphatic rings. The molecule has 0 aromatic carbocycles. The topological polar surface area (TPSA) is 221 Å². The maximum atomic E-state index is 12.6. The molecule has 2 saturated heterocycles. The summed E-state index contributed by atoms with van der Waals surface area (Å²) < 4.78 is 12.2.